The predicted octanol–water partition coefficient (Wildman–Crippen LogP) is 6.27. The number of nitrogens with zero attached hydrogens (tertiary/aromatic N) is 3. The van der Waals surface area contributed by atoms with Crippen LogP contribution in [-0.4, -0.2) is 72.6 Å². The van der Waals surface area contributed by atoms with Crippen molar-refractivity contribution in [2.75, 3.05) is 33.9 Å². The maximum absolute atomic E-state index is 11.6. The molecule has 266 valence electrons. The van der Waals surface area contributed by atoms with Gasteiger partial charge in [-0.15, -0.1) is 0 Å². The Morgan fingerprint density at radius 1 is 0.980 bits per heavy atom. The maximum atomic E-state index is 11.6. The molecule has 3 N–H and O–H groups in total. The molecule has 51 heavy (non-hydrogen) atoms. The van der Waals surface area contributed by atoms with Crippen LogP contribution >= 0.6 is 23.2 Å². The molecule has 2 saturated heterocycles. The van der Waals surface area contributed by atoms with E-state index in [2.05, 4.69) is 27.0 Å². The van der Waals surface area contributed by atoms with Crippen LogP contribution in [0, 0.1) is 5.41 Å². The SMILES string of the molecule is COc1cc(-c2nccc(-c3cccc(-c4ccc(CNC[C@@H]5CCC(=O)N5)c(OC)n4)c3Cl)c2Cl)ccc1CNC1CC2(C1)CN(C(C)=O)C2. The molecule has 4 aromatic rings. The Balaban J connectivity index is 1.05. The van der Waals surface area contributed by atoms with Crippen LogP contribution in [0.5, 0.6) is 11.6 Å². The Bertz CT molecular complexity index is 1960. The van der Waals surface area contributed by atoms with E-state index in [4.69, 9.17) is 37.7 Å². The molecule has 1 spiro atoms. The second-order valence-corrected chi connectivity index (χ2v) is 14.6. The van der Waals surface area contributed by atoms with Crippen molar-refractivity contribution in [3.63, 3.8) is 0 Å². The van der Waals surface area contributed by atoms with Crippen LogP contribution in [-0.2, 0) is 22.7 Å². The first kappa shape index (κ1) is 35.2. The molecule has 2 amide bonds. The number of hydrogen-bond acceptors (Lipinski definition) is 8. The summed E-state index contributed by atoms with van der Waals surface area (Å²) >= 11 is 14.2. The zero-order chi connectivity index (χ0) is 35.7. The fourth-order valence-electron chi connectivity index (χ4n) is 7.60. The number of ether oxygens (including phenoxy) is 2. The minimum absolute atomic E-state index is 0.100. The van der Waals surface area contributed by atoms with Crippen molar-refractivity contribution in [1.29, 1.82) is 0 Å². The largest absolute Gasteiger partial charge is 0.496 e. The van der Waals surface area contributed by atoms with Crippen LogP contribution < -0.4 is 25.4 Å². The van der Waals surface area contributed by atoms with Gasteiger partial charge in [0.2, 0.25) is 17.7 Å². The molecule has 7 rings (SSSR count). The molecule has 3 aliphatic rings. The molecule has 10 nitrogen and oxygen atoms in total. The van der Waals surface area contributed by atoms with Gasteiger partial charge in [0.05, 0.1) is 35.7 Å². The third-order valence-corrected chi connectivity index (χ3v) is 11.2. The third kappa shape index (κ3) is 7.28. The van der Waals surface area contributed by atoms with Crippen LogP contribution in [0.1, 0.15) is 43.7 Å². The molecule has 2 aromatic heterocycles. The second-order valence-electron chi connectivity index (χ2n) is 13.9. The van der Waals surface area contributed by atoms with E-state index in [1.807, 2.05) is 53.4 Å². The summed E-state index contributed by atoms with van der Waals surface area (Å²) in [6.45, 7) is 5.31. The molecule has 12 heteroatoms. The number of rotatable bonds is 12. The maximum Gasteiger partial charge on any atom is 0.220 e. The smallest absolute Gasteiger partial charge is 0.220 e. The number of methoxy groups -OCH3 is 2. The number of carbonyl (C=O) groups excluding carboxylic acids is 2. The molecular formula is C39H42Cl2N6O4. The summed E-state index contributed by atoms with van der Waals surface area (Å²) in [4.78, 5) is 34.5. The number of nitrogens with one attached hydrogen (secondary N) is 3. The van der Waals surface area contributed by atoms with Gasteiger partial charge in [0.25, 0.3) is 0 Å². The third-order valence-electron chi connectivity index (χ3n) is 10.4. The lowest BCUT2D eigenvalue weighted by molar-refractivity contribution is -0.149. The Morgan fingerprint density at radius 2 is 1.75 bits per heavy atom. The highest BCUT2D eigenvalue weighted by molar-refractivity contribution is 6.39. The first-order valence-corrected chi connectivity index (χ1v) is 18.1. The standard InChI is InChI=1S/C39H42Cl2N6O4/c1-23(48)47-21-39(22-47)16-28(17-39)44-19-25-8-7-24(15-33(25)50-2)37-36(41)30(13-14-43-37)29-5-4-6-31(35(29)40)32-11-9-26(38(46-32)51-3)18-42-20-27-10-12-34(49)45-27/h4-9,11,13-15,27-28,42,44H,10,12,16-22H2,1-3H3,(H,45,49)/t27-/m0/s1. The number of likely N-dealkylation sites (tertiary alicyclic amines) is 1. The van der Waals surface area contributed by atoms with Gasteiger partial charge in [-0.25, -0.2) is 4.98 Å². The summed E-state index contributed by atoms with van der Waals surface area (Å²) in [5, 5.41) is 11.0. The molecule has 1 aliphatic carbocycles. The molecule has 0 bridgehead atoms. The summed E-state index contributed by atoms with van der Waals surface area (Å²) in [6.07, 6.45) is 5.32. The molecule has 3 fully saturated rings. The highest BCUT2D eigenvalue weighted by Gasteiger charge is 2.52. The van der Waals surface area contributed by atoms with Crippen molar-refractivity contribution in [3.05, 3.63) is 82.0 Å². The molecule has 4 heterocycles. The van der Waals surface area contributed by atoms with Crippen LogP contribution in [0.4, 0.5) is 0 Å². The van der Waals surface area contributed by atoms with Gasteiger partial charge < -0.3 is 30.3 Å². The van der Waals surface area contributed by atoms with E-state index in [-0.39, 0.29) is 17.9 Å². The van der Waals surface area contributed by atoms with Gasteiger partial charge in [-0.05, 0) is 37.5 Å². The summed E-state index contributed by atoms with van der Waals surface area (Å²) in [5.74, 6) is 1.53. The number of hydrogen-bond donors (Lipinski definition) is 3. The summed E-state index contributed by atoms with van der Waals surface area (Å²) in [5.41, 5.74) is 6.66. The van der Waals surface area contributed by atoms with Gasteiger partial charge in [-0.1, -0.05) is 59.6 Å². The van der Waals surface area contributed by atoms with Crippen molar-refractivity contribution in [2.45, 2.75) is 57.8 Å². The predicted molar refractivity (Wildman–Crippen MR) is 199 cm³/mol. The lowest BCUT2D eigenvalue weighted by Crippen LogP contribution is -2.66. The molecule has 2 aliphatic heterocycles. The molecular weight excluding hydrogens is 687 g/mol. The lowest BCUT2D eigenvalue weighted by Gasteiger charge is -2.59. The summed E-state index contributed by atoms with van der Waals surface area (Å²) in [7, 11) is 3.27. The van der Waals surface area contributed by atoms with Gasteiger partial charge in [0, 0.05) is 103 Å². The van der Waals surface area contributed by atoms with Crippen molar-refractivity contribution in [3.8, 4) is 45.3 Å². The van der Waals surface area contributed by atoms with E-state index >= 15 is 0 Å². The minimum Gasteiger partial charge on any atom is -0.496 e. The number of halogens is 2. The normalized spacial score (nSPS) is 17.9. The van der Waals surface area contributed by atoms with Crippen molar-refractivity contribution >= 4 is 35.0 Å². The zero-order valence-corrected chi connectivity index (χ0v) is 30.5. The lowest BCUT2D eigenvalue weighted by atomic mass is 9.60. The van der Waals surface area contributed by atoms with Crippen LogP contribution in [0.15, 0.2) is 60.8 Å². The van der Waals surface area contributed by atoms with E-state index in [1.54, 1.807) is 27.3 Å². The van der Waals surface area contributed by atoms with E-state index in [9.17, 15) is 9.59 Å². The highest BCUT2D eigenvalue weighted by atomic mass is 35.5. The Kier molecular flexibility index (Phi) is 10.2. The van der Waals surface area contributed by atoms with Gasteiger partial charge in [-0.2, -0.15) is 0 Å². The van der Waals surface area contributed by atoms with Crippen LogP contribution in [0.2, 0.25) is 10.0 Å². The summed E-state index contributed by atoms with van der Waals surface area (Å²) < 4.78 is 11.5. The van der Waals surface area contributed by atoms with E-state index in [0.717, 1.165) is 71.5 Å². The van der Waals surface area contributed by atoms with E-state index in [1.165, 1.54) is 0 Å². The molecule has 1 saturated carbocycles. The zero-order valence-electron chi connectivity index (χ0n) is 29.0. The Labute approximate surface area is 308 Å². The monoisotopic (exact) mass is 728 g/mol. The fourth-order valence-corrected chi connectivity index (χ4v) is 8.25. The van der Waals surface area contributed by atoms with Crippen molar-refractivity contribution in [1.82, 2.24) is 30.8 Å². The van der Waals surface area contributed by atoms with Gasteiger partial charge in [0.15, 0.2) is 0 Å². The highest BCUT2D eigenvalue weighted by Crippen LogP contribution is 2.48. The van der Waals surface area contributed by atoms with Crippen molar-refractivity contribution in [2.24, 2.45) is 5.41 Å². The van der Waals surface area contributed by atoms with Crippen LogP contribution in [0.25, 0.3) is 33.6 Å². The second kappa shape index (κ2) is 14.8. The van der Waals surface area contributed by atoms with Crippen LogP contribution in [0.3, 0.4) is 0 Å². The Morgan fingerprint density at radius 3 is 2.47 bits per heavy atom. The van der Waals surface area contributed by atoms with Gasteiger partial charge in [-0.3, -0.25) is 14.6 Å². The quantitative estimate of drug-likeness (QED) is 0.156. The van der Waals surface area contributed by atoms with Gasteiger partial charge >= 0.3 is 0 Å². The van der Waals surface area contributed by atoms with E-state index in [0.29, 0.717) is 64.8 Å². The molecule has 0 radical (unpaired) electrons. The average molecular weight is 730 g/mol. The average Bonchev–Trinajstić information content (AvgIpc) is 3.51. The minimum atomic E-state index is 0.100. The number of carbonyl (C=O) groups is 2. The number of aromatic nitrogens is 2. The molecule has 1 atom stereocenters. The van der Waals surface area contributed by atoms with Crippen molar-refractivity contribution < 1.29 is 19.1 Å². The Hall–Kier alpha value is -4.22. The molecule has 0 unspecified atom stereocenters. The fraction of sp³-hybridized carbons (Fsp3) is 0.385. The topological polar surface area (TPSA) is 118 Å². The first-order chi connectivity index (χ1) is 24.7. The first-order valence-electron chi connectivity index (χ1n) is 17.3. The number of benzene rings is 2. The van der Waals surface area contributed by atoms with E-state index < -0.39 is 0 Å². The number of pyridine rings is 2. The molecule has 2 aromatic carbocycles. The number of amides is 2. The summed E-state index contributed by atoms with van der Waals surface area (Å²) in [6, 6.07) is 18.2. The van der Waals surface area contributed by atoms with Gasteiger partial charge in [0.1, 0.15) is 5.75 Å².